The maximum atomic E-state index is 12.2. The smallest absolute Gasteiger partial charge is 0.224 e. The zero-order valence-electron chi connectivity index (χ0n) is 12.4. The van der Waals surface area contributed by atoms with Crippen molar-refractivity contribution in [1.29, 1.82) is 0 Å². The molecule has 0 aromatic heterocycles. The zero-order valence-corrected chi connectivity index (χ0v) is 12.4. The third-order valence-electron chi connectivity index (χ3n) is 4.18. The van der Waals surface area contributed by atoms with Crippen LogP contribution in [0.1, 0.15) is 39.5 Å². The van der Waals surface area contributed by atoms with E-state index in [0.717, 1.165) is 39.0 Å². The lowest BCUT2D eigenvalue weighted by Crippen LogP contribution is -2.43. The average molecular weight is 268 g/mol. The van der Waals surface area contributed by atoms with Gasteiger partial charge in [-0.05, 0) is 44.2 Å². The van der Waals surface area contributed by atoms with Crippen molar-refractivity contribution in [1.82, 2.24) is 10.2 Å². The van der Waals surface area contributed by atoms with Crippen LogP contribution in [0.2, 0.25) is 0 Å². The molecule has 0 aliphatic carbocycles. The summed E-state index contributed by atoms with van der Waals surface area (Å²) in [6.45, 7) is 9.00. The minimum Gasteiger partial charge on any atom is -0.378 e. The molecule has 4 heteroatoms. The number of rotatable bonds is 4. The van der Waals surface area contributed by atoms with Gasteiger partial charge in [0.15, 0.2) is 0 Å². The first kappa shape index (κ1) is 14.8. The Morgan fingerprint density at radius 1 is 1.21 bits per heavy atom. The maximum absolute atomic E-state index is 12.2. The largest absolute Gasteiger partial charge is 0.378 e. The summed E-state index contributed by atoms with van der Waals surface area (Å²) in [7, 11) is 0. The summed E-state index contributed by atoms with van der Waals surface area (Å²) >= 11 is 0. The number of nitrogens with zero attached hydrogens (tertiary/aromatic N) is 1. The van der Waals surface area contributed by atoms with Crippen LogP contribution >= 0.6 is 0 Å². The van der Waals surface area contributed by atoms with E-state index < -0.39 is 0 Å². The molecule has 4 nitrogen and oxygen atoms in total. The maximum Gasteiger partial charge on any atom is 0.224 e. The van der Waals surface area contributed by atoms with Gasteiger partial charge in [0.05, 0.1) is 19.1 Å². The van der Waals surface area contributed by atoms with Crippen LogP contribution in [0.15, 0.2) is 0 Å². The van der Waals surface area contributed by atoms with Gasteiger partial charge in [-0.15, -0.1) is 0 Å². The first-order chi connectivity index (χ1) is 9.15. The Labute approximate surface area is 116 Å². The fourth-order valence-electron chi connectivity index (χ4n) is 3.30. The van der Waals surface area contributed by atoms with Gasteiger partial charge in [0.1, 0.15) is 0 Å². The van der Waals surface area contributed by atoms with Crippen LogP contribution in [-0.4, -0.2) is 49.7 Å². The van der Waals surface area contributed by atoms with Crippen LogP contribution in [0.25, 0.3) is 0 Å². The van der Waals surface area contributed by atoms with Crippen LogP contribution in [0.3, 0.4) is 0 Å². The van der Waals surface area contributed by atoms with Crippen LogP contribution in [-0.2, 0) is 9.53 Å². The number of carbonyl (C=O) groups is 1. The van der Waals surface area contributed by atoms with Gasteiger partial charge < -0.3 is 15.0 Å². The molecule has 1 N–H and O–H groups in total. The van der Waals surface area contributed by atoms with Gasteiger partial charge in [-0.25, -0.2) is 0 Å². The molecule has 0 aromatic carbocycles. The van der Waals surface area contributed by atoms with Gasteiger partial charge >= 0.3 is 0 Å². The first-order valence-corrected chi connectivity index (χ1v) is 7.75. The summed E-state index contributed by atoms with van der Waals surface area (Å²) in [6, 6.07) is 0. The summed E-state index contributed by atoms with van der Waals surface area (Å²) in [5.41, 5.74) is 0. The molecule has 2 rings (SSSR count). The number of hydrogen-bond donors (Lipinski definition) is 1. The molecule has 2 heterocycles. The van der Waals surface area contributed by atoms with Crippen LogP contribution in [0, 0.1) is 11.8 Å². The van der Waals surface area contributed by atoms with E-state index >= 15 is 0 Å². The topological polar surface area (TPSA) is 41.6 Å². The fourth-order valence-corrected chi connectivity index (χ4v) is 3.30. The van der Waals surface area contributed by atoms with E-state index in [0.29, 0.717) is 31.0 Å². The predicted octanol–water partition coefficient (Wildman–Crippen LogP) is 1.65. The second kappa shape index (κ2) is 7.25. The quantitative estimate of drug-likeness (QED) is 0.843. The van der Waals surface area contributed by atoms with Crippen molar-refractivity contribution in [2.45, 2.75) is 45.6 Å². The number of hydrogen-bond acceptors (Lipinski definition) is 3. The Morgan fingerprint density at radius 2 is 1.84 bits per heavy atom. The first-order valence-electron chi connectivity index (χ1n) is 7.75. The standard InChI is InChI=1S/C15H28N2O2/c1-12-9-13(2)11-17(10-12)15(18)5-8-19-14-3-6-16-7-4-14/h12-14,16H,3-11H2,1-2H3. The van der Waals surface area contributed by atoms with E-state index in [9.17, 15) is 4.79 Å². The number of piperidine rings is 2. The van der Waals surface area contributed by atoms with Gasteiger partial charge in [-0.2, -0.15) is 0 Å². The van der Waals surface area contributed by atoms with Crippen molar-refractivity contribution in [3.05, 3.63) is 0 Å². The number of nitrogens with one attached hydrogen (secondary N) is 1. The molecule has 19 heavy (non-hydrogen) atoms. The highest BCUT2D eigenvalue weighted by Gasteiger charge is 2.25. The minimum absolute atomic E-state index is 0.271. The molecular formula is C15H28N2O2. The second-order valence-corrected chi connectivity index (χ2v) is 6.31. The predicted molar refractivity (Wildman–Crippen MR) is 76.0 cm³/mol. The Kier molecular flexibility index (Phi) is 5.64. The Balaban J connectivity index is 1.65. The lowest BCUT2D eigenvalue weighted by molar-refractivity contribution is -0.135. The van der Waals surface area contributed by atoms with E-state index in [1.807, 2.05) is 4.90 Å². The fraction of sp³-hybridized carbons (Fsp3) is 0.933. The van der Waals surface area contributed by atoms with Crippen molar-refractivity contribution in [3.63, 3.8) is 0 Å². The highest BCUT2D eigenvalue weighted by Crippen LogP contribution is 2.21. The lowest BCUT2D eigenvalue weighted by atomic mass is 9.92. The molecule has 1 amide bonds. The van der Waals surface area contributed by atoms with Crippen molar-refractivity contribution in [3.8, 4) is 0 Å². The Morgan fingerprint density at radius 3 is 2.47 bits per heavy atom. The zero-order chi connectivity index (χ0) is 13.7. The molecule has 0 aromatic rings. The third-order valence-corrected chi connectivity index (χ3v) is 4.18. The van der Waals surface area contributed by atoms with Gasteiger partial charge in [0, 0.05) is 13.1 Å². The van der Waals surface area contributed by atoms with E-state index in [4.69, 9.17) is 4.74 Å². The van der Waals surface area contributed by atoms with Crippen LogP contribution in [0.4, 0.5) is 0 Å². The highest BCUT2D eigenvalue weighted by molar-refractivity contribution is 5.76. The van der Waals surface area contributed by atoms with Gasteiger partial charge in [0.25, 0.3) is 0 Å². The number of likely N-dealkylation sites (tertiary alicyclic amines) is 1. The summed E-state index contributed by atoms with van der Waals surface area (Å²) in [4.78, 5) is 14.2. The number of ether oxygens (including phenoxy) is 1. The van der Waals surface area contributed by atoms with Crippen LogP contribution in [0.5, 0.6) is 0 Å². The SMILES string of the molecule is CC1CC(C)CN(C(=O)CCOC2CCNCC2)C1. The molecule has 0 bridgehead atoms. The summed E-state index contributed by atoms with van der Waals surface area (Å²) in [5, 5.41) is 3.32. The molecule has 2 fully saturated rings. The summed E-state index contributed by atoms with van der Waals surface area (Å²) in [5.74, 6) is 1.54. The van der Waals surface area contributed by atoms with Gasteiger partial charge in [0.2, 0.25) is 5.91 Å². The van der Waals surface area contributed by atoms with E-state index in [1.165, 1.54) is 6.42 Å². The molecule has 110 valence electrons. The molecule has 2 aliphatic rings. The monoisotopic (exact) mass is 268 g/mol. The highest BCUT2D eigenvalue weighted by atomic mass is 16.5. The van der Waals surface area contributed by atoms with E-state index in [-0.39, 0.29) is 5.91 Å². The van der Waals surface area contributed by atoms with Crippen molar-refractivity contribution >= 4 is 5.91 Å². The van der Waals surface area contributed by atoms with Gasteiger partial charge in [-0.1, -0.05) is 13.8 Å². The molecule has 2 unspecified atom stereocenters. The number of carbonyl (C=O) groups excluding carboxylic acids is 1. The average Bonchev–Trinajstić information content (AvgIpc) is 2.38. The minimum atomic E-state index is 0.271. The number of amides is 1. The van der Waals surface area contributed by atoms with Gasteiger partial charge in [-0.3, -0.25) is 4.79 Å². The van der Waals surface area contributed by atoms with Crippen molar-refractivity contribution in [2.24, 2.45) is 11.8 Å². The van der Waals surface area contributed by atoms with Crippen molar-refractivity contribution in [2.75, 3.05) is 32.8 Å². The van der Waals surface area contributed by atoms with E-state index in [2.05, 4.69) is 19.2 Å². The lowest BCUT2D eigenvalue weighted by Gasteiger charge is -2.35. The summed E-state index contributed by atoms with van der Waals surface area (Å²) < 4.78 is 5.81. The molecule has 0 saturated carbocycles. The molecule has 2 saturated heterocycles. The second-order valence-electron chi connectivity index (χ2n) is 6.31. The third kappa shape index (κ3) is 4.77. The Hall–Kier alpha value is -0.610. The molecule has 2 atom stereocenters. The van der Waals surface area contributed by atoms with E-state index in [1.54, 1.807) is 0 Å². The molecule has 2 aliphatic heterocycles. The Bertz CT molecular complexity index is 280. The molecular weight excluding hydrogens is 240 g/mol. The normalized spacial score (nSPS) is 29.5. The van der Waals surface area contributed by atoms with Crippen LogP contribution < -0.4 is 5.32 Å². The summed E-state index contributed by atoms with van der Waals surface area (Å²) in [6.07, 6.45) is 4.30. The molecule has 0 radical (unpaired) electrons. The van der Waals surface area contributed by atoms with Crippen molar-refractivity contribution < 1.29 is 9.53 Å². The molecule has 0 spiro atoms.